The molecule has 11 heteroatoms. The molecule has 0 aliphatic heterocycles. The lowest BCUT2D eigenvalue weighted by molar-refractivity contribution is -0.137. The summed E-state index contributed by atoms with van der Waals surface area (Å²) in [5.74, 6) is -0.101. The van der Waals surface area contributed by atoms with E-state index in [1.165, 1.54) is 25.5 Å². The van der Waals surface area contributed by atoms with Crippen LogP contribution in [0, 0.1) is 0 Å². The molecular formula is C26H23BrF3N3O4. The molecule has 194 valence electrons. The molecule has 3 aromatic rings. The first-order valence-corrected chi connectivity index (χ1v) is 11.8. The van der Waals surface area contributed by atoms with Gasteiger partial charge in [0.15, 0.2) is 11.5 Å². The highest BCUT2D eigenvalue weighted by Crippen LogP contribution is 2.31. The molecule has 2 amide bonds. The number of hydrogen-bond acceptors (Lipinski definition) is 5. The quantitative estimate of drug-likeness (QED) is 0.231. The SMILES string of the molecule is COc1cc(C=NNC(=O)CCC(=O)Nc2cccc(C(F)(F)F)c2)ccc1OCc1ccc(Br)cc1. The topological polar surface area (TPSA) is 89.0 Å². The number of hydrazone groups is 1. The summed E-state index contributed by atoms with van der Waals surface area (Å²) in [7, 11) is 1.51. The summed E-state index contributed by atoms with van der Waals surface area (Å²) in [5.41, 5.74) is 3.05. The maximum atomic E-state index is 12.8. The van der Waals surface area contributed by atoms with Crippen LogP contribution in [0.3, 0.4) is 0 Å². The Labute approximate surface area is 219 Å². The number of nitrogens with zero attached hydrogens (tertiary/aromatic N) is 1. The Kier molecular flexibility index (Phi) is 9.67. The number of halogens is 4. The molecular weight excluding hydrogens is 555 g/mol. The second-order valence-electron chi connectivity index (χ2n) is 7.75. The lowest BCUT2D eigenvalue weighted by atomic mass is 10.2. The fourth-order valence-corrected chi connectivity index (χ4v) is 3.35. The zero-order valence-electron chi connectivity index (χ0n) is 19.6. The molecule has 0 bridgehead atoms. The molecule has 3 rings (SSSR count). The first kappa shape index (κ1) is 27.7. The van der Waals surface area contributed by atoms with Gasteiger partial charge in [-0.3, -0.25) is 9.59 Å². The molecule has 0 fully saturated rings. The average molecular weight is 578 g/mol. The number of anilines is 1. The number of carbonyl (C=O) groups is 2. The summed E-state index contributed by atoms with van der Waals surface area (Å²) in [6, 6.07) is 17.1. The fourth-order valence-electron chi connectivity index (χ4n) is 3.08. The van der Waals surface area contributed by atoms with E-state index in [9.17, 15) is 22.8 Å². The fraction of sp³-hybridized carbons (Fsp3) is 0.192. The summed E-state index contributed by atoms with van der Waals surface area (Å²) in [4.78, 5) is 24.0. The number of carbonyl (C=O) groups excluding carboxylic acids is 2. The smallest absolute Gasteiger partial charge is 0.416 e. The molecule has 3 aromatic carbocycles. The van der Waals surface area contributed by atoms with Gasteiger partial charge in [-0.1, -0.05) is 34.1 Å². The van der Waals surface area contributed by atoms with Crippen LogP contribution < -0.4 is 20.2 Å². The van der Waals surface area contributed by atoms with Crippen LogP contribution in [0.2, 0.25) is 0 Å². The van der Waals surface area contributed by atoms with E-state index in [2.05, 4.69) is 31.8 Å². The molecule has 0 saturated carbocycles. The van der Waals surface area contributed by atoms with Gasteiger partial charge in [0.25, 0.3) is 0 Å². The molecule has 0 aliphatic carbocycles. The molecule has 0 radical (unpaired) electrons. The van der Waals surface area contributed by atoms with Gasteiger partial charge in [0.1, 0.15) is 6.61 Å². The van der Waals surface area contributed by atoms with Gasteiger partial charge in [0.05, 0.1) is 18.9 Å². The predicted octanol–water partition coefficient (Wildman–Crippen LogP) is 5.92. The van der Waals surface area contributed by atoms with Crippen molar-refractivity contribution < 1.29 is 32.2 Å². The Morgan fingerprint density at radius 2 is 1.70 bits per heavy atom. The van der Waals surface area contributed by atoms with Crippen LogP contribution in [-0.4, -0.2) is 25.1 Å². The minimum atomic E-state index is -4.52. The molecule has 2 N–H and O–H groups in total. The van der Waals surface area contributed by atoms with Crippen molar-refractivity contribution in [2.24, 2.45) is 5.10 Å². The van der Waals surface area contributed by atoms with Gasteiger partial charge in [-0.05, 0) is 59.7 Å². The zero-order valence-corrected chi connectivity index (χ0v) is 21.2. The van der Waals surface area contributed by atoms with E-state index in [1.807, 2.05) is 24.3 Å². The van der Waals surface area contributed by atoms with Crippen LogP contribution in [-0.2, 0) is 22.4 Å². The van der Waals surface area contributed by atoms with Crippen molar-refractivity contribution in [2.75, 3.05) is 12.4 Å². The van der Waals surface area contributed by atoms with Crippen molar-refractivity contribution in [3.63, 3.8) is 0 Å². The molecule has 0 unspecified atom stereocenters. The van der Waals surface area contributed by atoms with Crippen molar-refractivity contribution in [3.05, 3.63) is 87.9 Å². The zero-order chi connectivity index (χ0) is 26.8. The Morgan fingerprint density at radius 1 is 0.973 bits per heavy atom. The van der Waals surface area contributed by atoms with E-state index in [0.717, 1.165) is 22.2 Å². The van der Waals surface area contributed by atoms with E-state index in [-0.39, 0.29) is 18.5 Å². The van der Waals surface area contributed by atoms with E-state index in [1.54, 1.807) is 18.2 Å². The first-order chi connectivity index (χ1) is 17.6. The highest BCUT2D eigenvalue weighted by Gasteiger charge is 2.30. The predicted molar refractivity (Wildman–Crippen MR) is 137 cm³/mol. The first-order valence-electron chi connectivity index (χ1n) is 11.0. The second-order valence-corrected chi connectivity index (χ2v) is 8.66. The van der Waals surface area contributed by atoms with Gasteiger partial charge in [-0.2, -0.15) is 18.3 Å². The standard InChI is InChI=1S/C26H23BrF3N3O4/c1-36-23-13-18(7-10-22(23)37-16-17-5-8-20(27)9-6-17)15-31-33-25(35)12-11-24(34)32-21-4-2-3-19(14-21)26(28,29)30/h2-10,13-15H,11-12,16H2,1H3,(H,32,34)(H,33,35). The Bertz CT molecular complexity index is 1260. The maximum absolute atomic E-state index is 12.8. The van der Waals surface area contributed by atoms with Crippen LogP contribution in [0.1, 0.15) is 29.5 Å². The number of ether oxygens (including phenoxy) is 2. The number of benzene rings is 3. The van der Waals surface area contributed by atoms with Gasteiger partial charge in [-0.25, -0.2) is 5.43 Å². The van der Waals surface area contributed by atoms with Crippen LogP contribution in [0.25, 0.3) is 0 Å². The van der Waals surface area contributed by atoms with Crippen molar-refractivity contribution in [1.29, 1.82) is 0 Å². The number of alkyl halides is 3. The molecule has 0 spiro atoms. The van der Waals surface area contributed by atoms with E-state index >= 15 is 0 Å². The third kappa shape index (κ3) is 8.94. The highest BCUT2D eigenvalue weighted by atomic mass is 79.9. The molecule has 0 heterocycles. The molecule has 7 nitrogen and oxygen atoms in total. The van der Waals surface area contributed by atoms with Gasteiger partial charge in [-0.15, -0.1) is 0 Å². The number of hydrogen-bond donors (Lipinski definition) is 2. The van der Waals surface area contributed by atoms with Crippen molar-refractivity contribution in [1.82, 2.24) is 5.43 Å². The van der Waals surface area contributed by atoms with E-state index in [0.29, 0.717) is 23.7 Å². The van der Waals surface area contributed by atoms with Crippen molar-refractivity contribution in [2.45, 2.75) is 25.6 Å². The van der Waals surface area contributed by atoms with Gasteiger partial charge in [0.2, 0.25) is 11.8 Å². The third-order valence-corrected chi connectivity index (χ3v) is 5.48. The normalized spacial score (nSPS) is 11.3. The van der Waals surface area contributed by atoms with Crippen LogP contribution in [0.5, 0.6) is 11.5 Å². The van der Waals surface area contributed by atoms with E-state index in [4.69, 9.17) is 9.47 Å². The van der Waals surface area contributed by atoms with Gasteiger partial charge >= 0.3 is 6.18 Å². The van der Waals surface area contributed by atoms with Crippen LogP contribution >= 0.6 is 15.9 Å². The van der Waals surface area contributed by atoms with Gasteiger partial charge < -0.3 is 14.8 Å². The average Bonchev–Trinajstić information content (AvgIpc) is 2.87. The highest BCUT2D eigenvalue weighted by molar-refractivity contribution is 9.10. The molecule has 0 saturated heterocycles. The Hall–Kier alpha value is -3.86. The lowest BCUT2D eigenvalue weighted by Crippen LogP contribution is -2.20. The summed E-state index contributed by atoms with van der Waals surface area (Å²) in [6.07, 6.45) is -3.54. The van der Waals surface area contributed by atoms with Crippen LogP contribution in [0.15, 0.2) is 76.3 Å². The summed E-state index contributed by atoms with van der Waals surface area (Å²) in [5, 5.41) is 6.21. The van der Waals surface area contributed by atoms with E-state index < -0.39 is 23.6 Å². The molecule has 37 heavy (non-hydrogen) atoms. The minimum Gasteiger partial charge on any atom is -0.493 e. The third-order valence-electron chi connectivity index (χ3n) is 4.95. The number of nitrogens with one attached hydrogen (secondary N) is 2. The maximum Gasteiger partial charge on any atom is 0.416 e. The Balaban J connectivity index is 1.46. The number of methoxy groups -OCH3 is 1. The van der Waals surface area contributed by atoms with Gasteiger partial charge in [0, 0.05) is 23.0 Å². The summed E-state index contributed by atoms with van der Waals surface area (Å²) in [6.45, 7) is 0.356. The molecule has 0 aliphatic rings. The largest absolute Gasteiger partial charge is 0.493 e. The summed E-state index contributed by atoms with van der Waals surface area (Å²) < 4.78 is 50.5. The number of amides is 2. The van der Waals surface area contributed by atoms with Crippen molar-refractivity contribution in [3.8, 4) is 11.5 Å². The second kappa shape index (κ2) is 12.9. The van der Waals surface area contributed by atoms with Crippen LogP contribution in [0.4, 0.5) is 18.9 Å². The Morgan fingerprint density at radius 3 is 2.41 bits per heavy atom. The summed E-state index contributed by atoms with van der Waals surface area (Å²) >= 11 is 3.39. The lowest BCUT2D eigenvalue weighted by Gasteiger charge is -2.11. The minimum absolute atomic E-state index is 0.00327. The number of rotatable bonds is 10. The monoisotopic (exact) mass is 577 g/mol. The molecule has 0 atom stereocenters. The molecule has 0 aromatic heterocycles. The van der Waals surface area contributed by atoms with Crippen molar-refractivity contribution >= 4 is 39.6 Å².